The molecule has 0 saturated carbocycles. The van der Waals surface area contributed by atoms with Crippen LogP contribution in [0.5, 0.6) is 0 Å². The Kier molecular flexibility index (Phi) is 4.73. The number of carbonyl (C=O) groups is 1. The van der Waals surface area contributed by atoms with E-state index in [2.05, 4.69) is 12.2 Å². The van der Waals surface area contributed by atoms with E-state index in [4.69, 9.17) is 4.74 Å². The third-order valence-corrected chi connectivity index (χ3v) is 3.24. The molecular weight excluding hydrogens is 236 g/mol. The normalized spacial score (nSPS) is 19.5. The van der Waals surface area contributed by atoms with E-state index in [0.29, 0.717) is 0 Å². The SMILES string of the molecule is COC(=O)C(/C=C/c1ccccc1)C1C=CC=CC1. The minimum atomic E-state index is -0.230. The first-order chi connectivity index (χ1) is 9.31. The Morgan fingerprint density at radius 1 is 1.32 bits per heavy atom. The molecule has 2 nitrogen and oxygen atoms in total. The molecule has 0 aromatic heterocycles. The summed E-state index contributed by atoms with van der Waals surface area (Å²) in [5.74, 6) is -0.235. The summed E-state index contributed by atoms with van der Waals surface area (Å²) < 4.78 is 4.91. The van der Waals surface area contributed by atoms with Crippen molar-refractivity contribution in [1.29, 1.82) is 0 Å². The highest BCUT2D eigenvalue weighted by Crippen LogP contribution is 2.24. The summed E-state index contributed by atoms with van der Waals surface area (Å²) in [5, 5.41) is 0. The summed E-state index contributed by atoms with van der Waals surface area (Å²) >= 11 is 0. The van der Waals surface area contributed by atoms with E-state index < -0.39 is 0 Å². The van der Waals surface area contributed by atoms with Gasteiger partial charge in [-0.25, -0.2) is 0 Å². The summed E-state index contributed by atoms with van der Waals surface area (Å²) in [6.45, 7) is 0. The molecule has 1 aromatic carbocycles. The minimum Gasteiger partial charge on any atom is -0.469 e. The molecule has 1 aliphatic carbocycles. The van der Waals surface area contributed by atoms with Crippen LogP contribution in [0.15, 0.2) is 60.7 Å². The van der Waals surface area contributed by atoms with Crippen LogP contribution in [-0.2, 0) is 9.53 Å². The van der Waals surface area contributed by atoms with Gasteiger partial charge < -0.3 is 4.74 Å². The highest BCUT2D eigenvalue weighted by atomic mass is 16.5. The van der Waals surface area contributed by atoms with Crippen LogP contribution in [0.2, 0.25) is 0 Å². The highest BCUT2D eigenvalue weighted by molar-refractivity contribution is 5.76. The maximum absolute atomic E-state index is 11.9. The lowest BCUT2D eigenvalue weighted by Crippen LogP contribution is -2.22. The summed E-state index contributed by atoms with van der Waals surface area (Å²) in [5.41, 5.74) is 1.09. The Morgan fingerprint density at radius 3 is 2.74 bits per heavy atom. The monoisotopic (exact) mass is 254 g/mol. The molecule has 0 amide bonds. The average molecular weight is 254 g/mol. The summed E-state index contributed by atoms with van der Waals surface area (Å²) in [6.07, 6.45) is 12.9. The van der Waals surface area contributed by atoms with Gasteiger partial charge in [-0.15, -0.1) is 0 Å². The van der Waals surface area contributed by atoms with Crippen molar-refractivity contribution >= 4 is 12.0 Å². The fourth-order valence-corrected chi connectivity index (χ4v) is 2.18. The van der Waals surface area contributed by atoms with E-state index in [-0.39, 0.29) is 17.8 Å². The van der Waals surface area contributed by atoms with Crippen LogP contribution >= 0.6 is 0 Å². The largest absolute Gasteiger partial charge is 0.469 e. The van der Waals surface area contributed by atoms with Crippen LogP contribution < -0.4 is 0 Å². The number of esters is 1. The van der Waals surface area contributed by atoms with Crippen LogP contribution in [0.25, 0.3) is 6.08 Å². The van der Waals surface area contributed by atoms with Crippen LogP contribution in [0, 0.1) is 11.8 Å². The van der Waals surface area contributed by atoms with Gasteiger partial charge in [0.15, 0.2) is 0 Å². The molecule has 0 saturated heterocycles. The second-order valence-electron chi connectivity index (χ2n) is 4.53. The molecule has 98 valence electrons. The van der Waals surface area contributed by atoms with Gasteiger partial charge in [0, 0.05) is 0 Å². The summed E-state index contributed by atoms with van der Waals surface area (Å²) in [7, 11) is 1.44. The van der Waals surface area contributed by atoms with Crippen molar-refractivity contribution in [3.63, 3.8) is 0 Å². The second kappa shape index (κ2) is 6.74. The molecule has 0 radical (unpaired) electrons. The Balaban J connectivity index is 2.14. The maximum Gasteiger partial charge on any atom is 0.313 e. The average Bonchev–Trinajstić information content (AvgIpc) is 2.49. The fraction of sp³-hybridized carbons (Fsp3) is 0.235. The number of hydrogen-bond donors (Lipinski definition) is 0. The van der Waals surface area contributed by atoms with Crippen molar-refractivity contribution in [3.05, 3.63) is 66.3 Å². The zero-order valence-electron chi connectivity index (χ0n) is 11.0. The van der Waals surface area contributed by atoms with Gasteiger partial charge in [0.05, 0.1) is 13.0 Å². The van der Waals surface area contributed by atoms with Crippen LogP contribution in [0.4, 0.5) is 0 Å². The molecule has 2 rings (SSSR count). The molecule has 2 heteroatoms. The lowest BCUT2D eigenvalue weighted by molar-refractivity contribution is -0.144. The molecule has 0 fully saturated rings. The Bertz CT molecular complexity index is 497. The molecular formula is C17H18O2. The lowest BCUT2D eigenvalue weighted by atomic mass is 9.86. The van der Waals surface area contributed by atoms with Gasteiger partial charge in [-0.1, -0.05) is 66.8 Å². The van der Waals surface area contributed by atoms with Gasteiger partial charge in [-0.3, -0.25) is 4.79 Å². The van der Waals surface area contributed by atoms with Gasteiger partial charge in [0.25, 0.3) is 0 Å². The Morgan fingerprint density at radius 2 is 2.11 bits per heavy atom. The van der Waals surface area contributed by atoms with E-state index in [1.165, 1.54) is 7.11 Å². The number of carbonyl (C=O) groups excluding carboxylic acids is 1. The number of ether oxygens (including phenoxy) is 1. The van der Waals surface area contributed by atoms with Crippen LogP contribution in [0.3, 0.4) is 0 Å². The van der Waals surface area contributed by atoms with Crippen molar-refractivity contribution in [3.8, 4) is 0 Å². The van der Waals surface area contributed by atoms with Gasteiger partial charge in [0.2, 0.25) is 0 Å². The van der Waals surface area contributed by atoms with Crippen molar-refractivity contribution < 1.29 is 9.53 Å². The third-order valence-electron chi connectivity index (χ3n) is 3.24. The number of methoxy groups -OCH3 is 1. The maximum atomic E-state index is 11.9. The first kappa shape index (κ1) is 13.3. The zero-order chi connectivity index (χ0) is 13.5. The molecule has 0 spiro atoms. The van der Waals surface area contributed by atoms with E-state index in [9.17, 15) is 4.79 Å². The smallest absolute Gasteiger partial charge is 0.313 e. The van der Waals surface area contributed by atoms with Crippen molar-refractivity contribution in [1.82, 2.24) is 0 Å². The second-order valence-corrected chi connectivity index (χ2v) is 4.53. The molecule has 0 N–H and O–H groups in total. The van der Waals surface area contributed by atoms with Crippen molar-refractivity contribution in [2.75, 3.05) is 7.11 Å². The molecule has 2 atom stereocenters. The van der Waals surface area contributed by atoms with Crippen molar-refractivity contribution in [2.24, 2.45) is 11.8 Å². The molecule has 0 heterocycles. The standard InChI is InChI=1S/C17H18O2/c1-19-17(18)16(15-10-6-3-7-11-15)13-12-14-8-4-2-5-9-14/h2-10,12-13,15-16H,11H2,1H3/b13-12+. The number of allylic oxidation sites excluding steroid dienone is 4. The first-order valence-electron chi connectivity index (χ1n) is 6.45. The molecule has 1 aliphatic rings. The predicted molar refractivity (Wildman–Crippen MR) is 77.4 cm³/mol. The van der Waals surface area contributed by atoms with Crippen LogP contribution in [0.1, 0.15) is 12.0 Å². The third kappa shape index (κ3) is 3.68. The molecule has 1 aromatic rings. The number of rotatable bonds is 4. The highest BCUT2D eigenvalue weighted by Gasteiger charge is 2.24. The van der Waals surface area contributed by atoms with Gasteiger partial charge in [0.1, 0.15) is 0 Å². The van der Waals surface area contributed by atoms with E-state index in [1.807, 2.05) is 54.6 Å². The number of benzene rings is 1. The quantitative estimate of drug-likeness (QED) is 0.767. The molecule has 2 unspecified atom stereocenters. The van der Waals surface area contributed by atoms with Gasteiger partial charge >= 0.3 is 5.97 Å². The lowest BCUT2D eigenvalue weighted by Gasteiger charge is -2.19. The van der Waals surface area contributed by atoms with Crippen molar-refractivity contribution in [2.45, 2.75) is 6.42 Å². The molecule has 0 bridgehead atoms. The Labute approximate surface area is 114 Å². The predicted octanol–water partition coefficient (Wildman–Crippen LogP) is 3.62. The topological polar surface area (TPSA) is 26.3 Å². The Hall–Kier alpha value is -2.09. The van der Waals surface area contributed by atoms with E-state index >= 15 is 0 Å². The zero-order valence-corrected chi connectivity index (χ0v) is 11.0. The van der Waals surface area contributed by atoms with Gasteiger partial charge in [-0.2, -0.15) is 0 Å². The van der Waals surface area contributed by atoms with E-state index in [1.54, 1.807) is 0 Å². The molecule has 0 aliphatic heterocycles. The van der Waals surface area contributed by atoms with E-state index in [0.717, 1.165) is 12.0 Å². The fourth-order valence-electron chi connectivity index (χ4n) is 2.18. The number of hydrogen-bond acceptors (Lipinski definition) is 2. The minimum absolute atomic E-state index is 0.178. The van der Waals surface area contributed by atoms with Gasteiger partial charge in [-0.05, 0) is 17.9 Å². The van der Waals surface area contributed by atoms with Crippen LogP contribution in [-0.4, -0.2) is 13.1 Å². The molecule has 19 heavy (non-hydrogen) atoms. The first-order valence-corrected chi connectivity index (χ1v) is 6.45. The summed E-state index contributed by atoms with van der Waals surface area (Å²) in [4.78, 5) is 11.9. The summed E-state index contributed by atoms with van der Waals surface area (Å²) in [6, 6.07) is 9.97.